The van der Waals surface area contributed by atoms with Crippen molar-refractivity contribution >= 4 is 35.6 Å². The van der Waals surface area contributed by atoms with Crippen LogP contribution in [0.1, 0.15) is 33.1 Å². The Kier molecular flexibility index (Phi) is 10.9. The molecule has 0 fully saturated rings. The van der Waals surface area contributed by atoms with Crippen LogP contribution in [0.4, 0.5) is 0 Å². The summed E-state index contributed by atoms with van der Waals surface area (Å²) in [6, 6.07) is -4.04. The van der Waals surface area contributed by atoms with Crippen LogP contribution in [-0.4, -0.2) is 70.5 Å². The van der Waals surface area contributed by atoms with Crippen molar-refractivity contribution in [1.82, 2.24) is 16.0 Å². The number of nitrogens with one attached hydrogen (secondary N) is 3. The van der Waals surface area contributed by atoms with Crippen LogP contribution in [-0.2, 0) is 28.8 Å². The van der Waals surface area contributed by atoms with Gasteiger partial charge in [-0.25, -0.2) is 0 Å². The van der Waals surface area contributed by atoms with Crippen molar-refractivity contribution in [3.05, 3.63) is 0 Å². The molecule has 4 atom stereocenters. The molecular weight excluding hydrogens is 390 g/mol. The Labute approximate surface area is 166 Å². The lowest BCUT2D eigenvalue weighted by Crippen LogP contribution is -2.58. The van der Waals surface area contributed by atoms with Crippen molar-refractivity contribution in [1.29, 1.82) is 0 Å². The van der Waals surface area contributed by atoms with Crippen LogP contribution in [0.3, 0.4) is 0 Å². The van der Waals surface area contributed by atoms with Gasteiger partial charge in [-0.2, -0.15) is 0 Å². The van der Waals surface area contributed by atoms with E-state index in [-0.39, 0.29) is 0 Å². The molecule has 0 aliphatic rings. The van der Waals surface area contributed by atoms with Gasteiger partial charge in [-0.05, 0) is 5.92 Å². The molecule has 164 valence electrons. The summed E-state index contributed by atoms with van der Waals surface area (Å²) in [5, 5.41) is 24.0. The fourth-order valence-corrected chi connectivity index (χ4v) is 2.20. The molecule has 4 amide bonds. The van der Waals surface area contributed by atoms with E-state index in [0.717, 1.165) is 0 Å². The second-order valence-corrected chi connectivity index (χ2v) is 6.42. The summed E-state index contributed by atoms with van der Waals surface area (Å²) >= 11 is 0. The van der Waals surface area contributed by atoms with Gasteiger partial charge < -0.3 is 37.6 Å². The first-order valence-electron chi connectivity index (χ1n) is 8.74. The summed E-state index contributed by atoms with van der Waals surface area (Å²) in [7, 11) is 0. The highest BCUT2D eigenvalue weighted by molar-refractivity contribution is 5.96. The van der Waals surface area contributed by atoms with Crippen molar-refractivity contribution in [3.8, 4) is 0 Å². The summed E-state index contributed by atoms with van der Waals surface area (Å²) in [4.78, 5) is 69.2. The molecule has 0 saturated carbocycles. The highest BCUT2D eigenvalue weighted by Crippen LogP contribution is 2.09. The van der Waals surface area contributed by atoms with Crippen LogP contribution in [0.25, 0.3) is 0 Å². The maximum atomic E-state index is 12.6. The largest absolute Gasteiger partial charge is 0.481 e. The van der Waals surface area contributed by atoms with Gasteiger partial charge in [-0.1, -0.05) is 20.3 Å². The molecule has 0 rings (SSSR count). The number of rotatable bonds is 13. The lowest BCUT2D eigenvalue weighted by molar-refractivity contribution is -0.140. The van der Waals surface area contributed by atoms with E-state index < -0.39 is 79.0 Å². The number of hydrogen-bond donors (Lipinski definition) is 7. The number of nitrogens with two attached hydrogens (primary N) is 2. The zero-order valence-electron chi connectivity index (χ0n) is 16.1. The topological polar surface area (TPSA) is 231 Å². The molecule has 0 saturated heterocycles. The third kappa shape index (κ3) is 10.0. The van der Waals surface area contributed by atoms with E-state index in [1.54, 1.807) is 13.8 Å². The van der Waals surface area contributed by atoms with Gasteiger partial charge in [-0.3, -0.25) is 28.8 Å². The van der Waals surface area contributed by atoms with Crippen LogP contribution < -0.4 is 27.4 Å². The third-order valence-corrected chi connectivity index (χ3v) is 3.98. The predicted molar refractivity (Wildman–Crippen MR) is 98.0 cm³/mol. The van der Waals surface area contributed by atoms with Gasteiger partial charge in [0.1, 0.15) is 18.6 Å². The first-order chi connectivity index (χ1) is 13.4. The van der Waals surface area contributed by atoms with E-state index in [1.165, 1.54) is 0 Å². The standard InChI is InChI=1S/C16H27N5O8/c1-3-7(2)13(21-14(27)8(17)4-11(23)24)16(29)20-9(5-10(18)22)15(28)19-6-12(25)26/h7-9,13H,3-6,17H2,1-2H3,(H2,18,22)(H,19,28)(H,20,29)(H,21,27)(H,23,24)(H,25,26). The van der Waals surface area contributed by atoms with Crippen LogP contribution >= 0.6 is 0 Å². The fourth-order valence-electron chi connectivity index (χ4n) is 2.20. The maximum Gasteiger partial charge on any atom is 0.322 e. The van der Waals surface area contributed by atoms with Crippen LogP contribution in [0.2, 0.25) is 0 Å². The molecule has 29 heavy (non-hydrogen) atoms. The SMILES string of the molecule is CCC(C)C(NC(=O)C(N)CC(=O)O)C(=O)NC(CC(N)=O)C(=O)NCC(=O)O. The zero-order valence-corrected chi connectivity index (χ0v) is 16.1. The molecule has 0 aliphatic carbocycles. The maximum absolute atomic E-state index is 12.6. The number of carboxylic acids is 2. The van der Waals surface area contributed by atoms with Gasteiger partial charge in [0.05, 0.1) is 18.9 Å². The second kappa shape index (κ2) is 12.3. The average molecular weight is 417 g/mol. The Morgan fingerprint density at radius 2 is 1.48 bits per heavy atom. The number of primary amides is 1. The van der Waals surface area contributed by atoms with Gasteiger partial charge in [-0.15, -0.1) is 0 Å². The smallest absolute Gasteiger partial charge is 0.322 e. The summed E-state index contributed by atoms with van der Waals surface area (Å²) in [5.74, 6) is -6.66. The zero-order chi connectivity index (χ0) is 22.7. The van der Waals surface area contributed by atoms with Crippen molar-refractivity contribution in [2.45, 2.75) is 51.2 Å². The normalized spacial score (nSPS) is 14.6. The van der Waals surface area contributed by atoms with E-state index in [4.69, 9.17) is 21.7 Å². The molecule has 4 unspecified atom stereocenters. The van der Waals surface area contributed by atoms with Crippen LogP contribution in [0.5, 0.6) is 0 Å². The molecule has 13 nitrogen and oxygen atoms in total. The molecule has 0 bridgehead atoms. The molecule has 0 radical (unpaired) electrons. The Morgan fingerprint density at radius 1 is 0.897 bits per heavy atom. The number of carbonyl (C=O) groups is 6. The first-order valence-corrected chi connectivity index (χ1v) is 8.74. The predicted octanol–water partition coefficient (Wildman–Crippen LogP) is -3.12. The van der Waals surface area contributed by atoms with E-state index in [0.29, 0.717) is 6.42 Å². The summed E-state index contributed by atoms with van der Waals surface area (Å²) < 4.78 is 0. The van der Waals surface area contributed by atoms with E-state index in [9.17, 15) is 28.8 Å². The fraction of sp³-hybridized carbons (Fsp3) is 0.625. The van der Waals surface area contributed by atoms with Crippen LogP contribution in [0, 0.1) is 5.92 Å². The Hall–Kier alpha value is -3.22. The van der Waals surface area contributed by atoms with Crippen LogP contribution in [0.15, 0.2) is 0 Å². The van der Waals surface area contributed by atoms with Gasteiger partial charge in [0, 0.05) is 0 Å². The Balaban J connectivity index is 5.34. The molecule has 9 N–H and O–H groups in total. The van der Waals surface area contributed by atoms with Crippen molar-refractivity contribution in [3.63, 3.8) is 0 Å². The number of hydrogen-bond acceptors (Lipinski definition) is 7. The van der Waals surface area contributed by atoms with Gasteiger partial charge in [0.25, 0.3) is 0 Å². The molecule has 0 aromatic rings. The average Bonchev–Trinajstić information content (AvgIpc) is 2.61. The van der Waals surface area contributed by atoms with E-state index >= 15 is 0 Å². The molecule has 0 aromatic carbocycles. The molecule has 0 aliphatic heterocycles. The minimum absolute atomic E-state index is 0.429. The minimum Gasteiger partial charge on any atom is -0.481 e. The lowest BCUT2D eigenvalue weighted by Gasteiger charge is -2.27. The number of amides is 4. The number of carbonyl (C=O) groups excluding carboxylic acids is 4. The number of aliphatic carboxylic acids is 2. The second-order valence-electron chi connectivity index (χ2n) is 6.42. The van der Waals surface area contributed by atoms with Gasteiger partial charge in [0.15, 0.2) is 0 Å². The molecule has 0 heterocycles. The van der Waals surface area contributed by atoms with E-state index in [2.05, 4.69) is 10.6 Å². The monoisotopic (exact) mass is 417 g/mol. The highest BCUT2D eigenvalue weighted by Gasteiger charge is 2.32. The highest BCUT2D eigenvalue weighted by atomic mass is 16.4. The lowest BCUT2D eigenvalue weighted by atomic mass is 9.97. The van der Waals surface area contributed by atoms with Gasteiger partial charge in [0.2, 0.25) is 23.6 Å². The van der Waals surface area contributed by atoms with Crippen molar-refractivity contribution < 1.29 is 39.0 Å². The van der Waals surface area contributed by atoms with Crippen molar-refractivity contribution in [2.24, 2.45) is 17.4 Å². The third-order valence-electron chi connectivity index (χ3n) is 3.98. The van der Waals surface area contributed by atoms with Crippen molar-refractivity contribution in [2.75, 3.05) is 6.54 Å². The minimum atomic E-state index is -1.46. The molecule has 0 spiro atoms. The summed E-state index contributed by atoms with van der Waals surface area (Å²) in [6.07, 6.45) is -0.822. The van der Waals surface area contributed by atoms with E-state index in [1.807, 2.05) is 5.32 Å². The molecular formula is C16H27N5O8. The summed E-state index contributed by atoms with van der Waals surface area (Å²) in [5.41, 5.74) is 10.5. The number of carboxylic acid groups (broad SMARTS) is 2. The Bertz CT molecular complexity index is 653. The van der Waals surface area contributed by atoms with Gasteiger partial charge >= 0.3 is 11.9 Å². The quantitative estimate of drug-likeness (QED) is 0.160. The summed E-state index contributed by atoms with van der Waals surface area (Å²) in [6.45, 7) is 2.62. The molecule has 0 aromatic heterocycles. The Morgan fingerprint density at radius 3 is 1.93 bits per heavy atom. The molecule has 13 heteroatoms. The first kappa shape index (κ1) is 25.8.